The summed E-state index contributed by atoms with van der Waals surface area (Å²) in [5.41, 5.74) is 6.62. The average Bonchev–Trinajstić information content (AvgIpc) is 2.94. The molecule has 5 heteroatoms. The van der Waals surface area contributed by atoms with Gasteiger partial charge in [0.1, 0.15) is 6.10 Å². The minimum absolute atomic E-state index is 0.0267. The average molecular weight is 355 g/mol. The zero-order valence-corrected chi connectivity index (χ0v) is 14.2. The van der Waals surface area contributed by atoms with Gasteiger partial charge in [0.25, 0.3) is 0 Å². The van der Waals surface area contributed by atoms with E-state index in [2.05, 4.69) is 47.2 Å². The molecule has 0 bridgehead atoms. The van der Waals surface area contributed by atoms with E-state index in [0.29, 0.717) is 13.1 Å². The van der Waals surface area contributed by atoms with Crippen molar-refractivity contribution in [2.75, 3.05) is 13.1 Å². The molecule has 3 N–H and O–H groups in total. The van der Waals surface area contributed by atoms with Gasteiger partial charge in [0.2, 0.25) is 5.91 Å². The Bertz CT molecular complexity index is 505. The fraction of sp³-hybridized carbons (Fsp3) is 0.562. The van der Waals surface area contributed by atoms with Gasteiger partial charge >= 0.3 is 0 Å². The molecule has 1 aromatic rings. The van der Waals surface area contributed by atoms with Gasteiger partial charge in [-0.2, -0.15) is 0 Å². The standard InChI is InChI=1S/C16H23BrN2O2/c1-16(2,11-4-3-5-12(17)8-11)10-19-15(20)14-7-6-13(9-18)21-14/h3-5,8,13-14H,6-7,9-10,18H2,1-2H3,(H,19,20)/t13-,14+/m1/s1. The Labute approximate surface area is 134 Å². The highest BCUT2D eigenvalue weighted by Crippen LogP contribution is 2.25. The molecule has 4 nitrogen and oxygen atoms in total. The van der Waals surface area contributed by atoms with E-state index in [0.717, 1.165) is 17.3 Å². The van der Waals surface area contributed by atoms with Gasteiger partial charge in [-0.15, -0.1) is 0 Å². The number of benzene rings is 1. The Morgan fingerprint density at radius 3 is 2.86 bits per heavy atom. The van der Waals surface area contributed by atoms with Crippen LogP contribution in [-0.4, -0.2) is 31.2 Å². The molecule has 116 valence electrons. The van der Waals surface area contributed by atoms with Gasteiger partial charge in [-0.3, -0.25) is 4.79 Å². The van der Waals surface area contributed by atoms with Gasteiger partial charge in [-0.05, 0) is 30.5 Å². The summed E-state index contributed by atoms with van der Waals surface area (Å²) in [7, 11) is 0. The van der Waals surface area contributed by atoms with Crippen LogP contribution in [-0.2, 0) is 14.9 Å². The van der Waals surface area contributed by atoms with Crippen molar-refractivity contribution in [2.24, 2.45) is 5.73 Å². The first kappa shape index (κ1) is 16.5. The minimum Gasteiger partial charge on any atom is -0.364 e. The smallest absolute Gasteiger partial charge is 0.249 e. The minimum atomic E-state index is -0.350. The molecule has 1 aliphatic rings. The van der Waals surface area contributed by atoms with Crippen molar-refractivity contribution in [1.29, 1.82) is 0 Å². The molecule has 0 spiro atoms. The van der Waals surface area contributed by atoms with Crippen LogP contribution >= 0.6 is 15.9 Å². The third kappa shape index (κ3) is 4.28. The van der Waals surface area contributed by atoms with E-state index in [-0.39, 0.29) is 23.5 Å². The predicted octanol–water partition coefficient (Wildman–Crippen LogP) is 2.35. The van der Waals surface area contributed by atoms with E-state index in [1.54, 1.807) is 0 Å². The summed E-state index contributed by atoms with van der Waals surface area (Å²) in [5.74, 6) is -0.0333. The molecule has 1 aromatic carbocycles. The molecule has 1 saturated heterocycles. The fourth-order valence-corrected chi connectivity index (χ4v) is 2.90. The molecule has 0 radical (unpaired) electrons. The molecule has 21 heavy (non-hydrogen) atoms. The van der Waals surface area contributed by atoms with Crippen molar-refractivity contribution in [3.63, 3.8) is 0 Å². The summed E-state index contributed by atoms with van der Waals surface area (Å²) in [6.07, 6.45) is 1.30. The normalized spacial score (nSPS) is 22.3. The zero-order valence-electron chi connectivity index (χ0n) is 12.6. The van der Waals surface area contributed by atoms with Crippen LogP contribution in [0.25, 0.3) is 0 Å². The van der Waals surface area contributed by atoms with Crippen molar-refractivity contribution in [2.45, 2.75) is 44.3 Å². The number of hydrogen-bond acceptors (Lipinski definition) is 3. The van der Waals surface area contributed by atoms with Crippen molar-refractivity contribution in [1.82, 2.24) is 5.32 Å². The molecule has 2 atom stereocenters. The van der Waals surface area contributed by atoms with Gasteiger partial charge in [-0.25, -0.2) is 0 Å². The highest BCUT2D eigenvalue weighted by atomic mass is 79.9. The first-order valence-corrected chi connectivity index (χ1v) is 8.11. The predicted molar refractivity (Wildman–Crippen MR) is 87.1 cm³/mol. The molecule has 1 aliphatic heterocycles. The van der Waals surface area contributed by atoms with Gasteiger partial charge in [0.05, 0.1) is 6.10 Å². The lowest BCUT2D eigenvalue weighted by Crippen LogP contribution is -2.42. The summed E-state index contributed by atoms with van der Waals surface area (Å²) >= 11 is 3.48. The topological polar surface area (TPSA) is 64.4 Å². The Balaban J connectivity index is 1.91. The SMILES string of the molecule is CC(C)(CNC(=O)[C@@H]1CC[C@H](CN)O1)c1cccc(Br)c1. The Hall–Kier alpha value is -0.910. The van der Waals surface area contributed by atoms with Crippen LogP contribution in [0.1, 0.15) is 32.3 Å². The van der Waals surface area contributed by atoms with E-state index >= 15 is 0 Å². The molecule has 0 unspecified atom stereocenters. The van der Waals surface area contributed by atoms with Crippen LogP contribution in [0.15, 0.2) is 28.7 Å². The molecule has 0 aromatic heterocycles. The quantitative estimate of drug-likeness (QED) is 0.852. The Morgan fingerprint density at radius 1 is 1.48 bits per heavy atom. The second kappa shape index (κ2) is 6.90. The number of carbonyl (C=O) groups excluding carboxylic acids is 1. The van der Waals surface area contributed by atoms with Gasteiger partial charge in [0.15, 0.2) is 0 Å². The Kier molecular flexibility index (Phi) is 5.41. The molecule has 1 heterocycles. The highest BCUT2D eigenvalue weighted by molar-refractivity contribution is 9.10. The summed E-state index contributed by atoms with van der Waals surface area (Å²) in [6.45, 7) is 5.29. The molecule has 0 saturated carbocycles. The number of nitrogens with two attached hydrogens (primary N) is 1. The number of ether oxygens (including phenoxy) is 1. The van der Waals surface area contributed by atoms with E-state index in [1.165, 1.54) is 5.56 Å². The number of nitrogens with one attached hydrogen (secondary N) is 1. The van der Waals surface area contributed by atoms with E-state index in [4.69, 9.17) is 10.5 Å². The first-order valence-electron chi connectivity index (χ1n) is 7.31. The van der Waals surface area contributed by atoms with Crippen molar-refractivity contribution in [3.8, 4) is 0 Å². The largest absolute Gasteiger partial charge is 0.364 e. The van der Waals surface area contributed by atoms with Crippen LogP contribution in [0.3, 0.4) is 0 Å². The first-order chi connectivity index (χ1) is 9.92. The van der Waals surface area contributed by atoms with Crippen LogP contribution < -0.4 is 11.1 Å². The monoisotopic (exact) mass is 354 g/mol. The Morgan fingerprint density at radius 2 is 2.24 bits per heavy atom. The maximum Gasteiger partial charge on any atom is 0.249 e. The number of amides is 1. The van der Waals surface area contributed by atoms with Crippen LogP contribution in [0.5, 0.6) is 0 Å². The van der Waals surface area contributed by atoms with Crippen LogP contribution in [0.4, 0.5) is 0 Å². The molecule has 2 rings (SSSR count). The van der Waals surface area contributed by atoms with E-state index in [1.807, 2.05) is 12.1 Å². The second-order valence-corrected chi connectivity index (χ2v) is 7.09. The van der Waals surface area contributed by atoms with Gasteiger partial charge in [0, 0.05) is 23.0 Å². The van der Waals surface area contributed by atoms with Crippen LogP contribution in [0.2, 0.25) is 0 Å². The number of halogens is 1. The molecular weight excluding hydrogens is 332 g/mol. The van der Waals surface area contributed by atoms with Gasteiger partial charge in [-0.1, -0.05) is 41.9 Å². The summed E-state index contributed by atoms with van der Waals surface area (Å²) in [6, 6.07) is 8.17. The third-order valence-electron chi connectivity index (χ3n) is 3.97. The van der Waals surface area contributed by atoms with Crippen molar-refractivity contribution in [3.05, 3.63) is 34.3 Å². The third-order valence-corrected chi connectivity index (χ3v) is 4.47. The number of rotatable bonds is 5. The molecule has 0 aliphatic carbocycles. The van der Waals surface area contributed by atoms with Gasteiger partial charge < -0.3 is 15.8 Å². The van der Waals surface area contributed by atoms with Crippen LogP contribution in [0, 0.1) is 0 Å². The van der Waals surface area contributed by atoms with Crippen molar-refractivity contribution >= 4 is 21.8 Å². The van der Waals surface area contributed by atoms with Crippen molar-refractivity contribution < 1.29 is 9.53 Å². The van der Waals surface area contributed by atoms with E-state index in [9.17, 15) is 4.79 Å². The lowest BCUT2D eigenvalue weighted by Gasteiger charge is -2.26. The van der Waals surface area contributed by atoms with E-state index < -0.39 is 0 Å². The summed E-state index contributed by atoms with van der Waals surface area (Å²) in [4.78, 5) is 12.2. The lowest BCUT2D eigenvalue weighted by molar-refractivity contribution is -0.132. The molecule has 1 fully saturated rings. The second-order valence-electron chi connectivity index (χ2n) is 6.17. The summed E-state index contributed by atoms with van der Waals surface area (Å²) in [5, 5.41) is 3.01. The lowest BCUT2D eigenvalue weighted by atomic mass is 9.84. The fourth-order valence-electron chi connectivity index (χ4n) is 2.51. The zero-order chi connectivity index (χ0) is 15.5. The number of hydrogen-bond donors (Lipinski definition) is 2. The number of carbonyl (C=O) groups is 1. The summed E-state index contributed by atoms with van der Waals surface area (Å²) < 4.78 is 6.66. The maximum absolute atomic E-state index is 12.2. The highest BCUT2D eigenvalue weighted by Gasteiger charge is 2.31. The molecular formula is C16H23BrN2O2. The molecule has 1 amide bonds. The maximum atomic E-state index is 12.2.